The maximum atomic E-state index is 12.6. The van der Waals surface area contributed by atoms with Gasteiger partial charge in [-0.25, -0.2) is 0 Å². The van der Waals surface area contributed by atoms with E-state index in [-0.39, 0.29) is 17.9 Å². The van der Waals surface area contributed by atoms with E-state index in [9.17, 15) is 9.59 Å². The van der Waals surface area contributed by atoms with Crippen LogP contribution in [0.4, 0.5) is 5.69 Å². The van der Waals surface area contributed by atoms with Crippen LogP contribution in [-0.2, 0) is 4.79 Å². The van der Waals surface area contributed by atoms with E-state index in [0.29, 0.717) is 33.4 Å². The van der Waals surface area contributed by atoms with E-state index in [0.717, 1.165) is 11.1 Å². The van der Waals surface area contributed by atoms with Crippen LogP contribution in [0.3, 0.4) is 0 Å². The van der Waals surface area contributed by atoms with E-state index in [4.69, 9.17) is 9.15 Å². The fourth-order valence-electron chi connectivity index (χ4n) is 3.24. The molecule has 3 aromatic carbocycles. The third-order valence-electron chi connectivity index (χ3n) is 4.62. The summed E-state index contributed by atoms with van der Waals surface area (Å²) in [7, 11) is 0. The van der Waals surface area contributed by atoms with E-state index < -0.39 is 0 Å². The third-order valence-corrected chi connectivity index (χ3v) is 4.62. The number of hydrogen-bond acceptors (Lipinski definition) is 4. The van der Waals surface area contributed by atoms with Crippen LogP contribution in [0.25, 0.3) is 21.9 Å². The van der Waals surface area contributed by atoms with Crippen molar-refractivity contribution in [1.29, 1.82) is 0 Å². The molecule has 0 saturated heterocycles. The van der Waals surface area contributed by atoms with Crippen LogP contribution in [0.1, 0.15) is 11.1 Å². The maximum Gasteiger partial charge on any atom is 0.262 e. The number of ether oxygens (including phenoxy) is 1. The largest absolute Gasteiger partial charge is 0.483 e. The molecule has 0 aliphatic carbocycles. The number of fused-ring (bicyclic) bond motifs is 2. The average Bonchev–Trinajstić information content (AvgIpc) is 2.67. The van der Waals surface area contributed by atoms with Gasteiger partial charge in [0.2, 0.25) is 5.43 Å². The Hall–Kier alpha value is -3.60. The molecule has 0 radical (unpaired) electrons. The zero-order valence-corrected chi connectivity index (χ0v) is 15.6. The molecule has 4 rings (SSSR count). The van der Waals surface area contributed by atoms with Gasteiger partial charge in [-0.15, -0.1) is 0 Å². The topological polar surface area (TPSA) is 68.5 Å². The Bertz CT molecular complexity index is 1240. The summed E-state index contributed by atoms with van der Waals surface area (Å²) in [6.07, 6.45) is 0. The number of rotatable bonds is 4. The van der Waals surface area contributed by atoms with Crippen molar-refractivity contribution in [3.05, 3.63) is 82.0 Å². The van der Waals surface area contributed by atoms with Crippen LogP contribution in [0.2, 0.25) is 0 Å². The molecule has 0 atom stereocenters. The first-order valence-electron chi connectivity index (χ1n) is 8.97. The predicted molar refractivity (Wildman–Crippen MR) is 110 cm³/mol. The van der Waals surface area contributed by atoms with Crippen LogP contribution >= 0.6 is 0 Å². The highest BCUT2D eigenvalue weighted by molar-refractivity contribution is 5.96. The van der Waals surface area contributed by atoms with Crippen molar-refractivity contribution in [3.8, 4) is 5.75 Å². The molecular formula is C23H19NO4. The second kappa shape index (κ2) is 7.19. The number of carbonyl (C=O) groups excluding carboxylic acids is 1. The van der Waals surface area contributed by atoms with E-state index >= 15 is 0 Å². The lowest BCUT2D eigenvalue weighted by Gasteiger charge is -2.12. The lowest BCUT2D eigenvalue weighted by molar-refractivity contribution is -0.118. The summed E-state index contributed by atoms with van der Waals surface area (Å²) >= 11 is 0. The molecule has 0 bridgehead atoms. The van der Waals surface area contributed by atoms with Gasteiger partial charge in [0, 0.05) is 11.8 Å². The number of nitrogens with one attached hydrogen (secondary N) is 1. The number of amides is 1. The first-order chi connectivity index (χ1) is 13.5. The van der Waals surface area contributed by atoms with Gasteiger partial charge >= 0.3 is 0 Å². The quantitative estimate of drug-likeness (QED) is 0.532. The van der Waals surface area contributed by atoms with Gasteiger partial charge in [0.05, 0.1) is 10.8 Å². The molecule has 0 aliphatic rings. The second-order valence-electron chi connectivity index (χ2n) is 6.70. The monoisotopic (exact) mass is 373 g/mol. The summed E-state index contributed by atoms with van der Waals surface area (Å²) in [5, 5.41) is 3.80. The molecule has 1 N–H and O–H groups in total. The standard InChI is InChI=1S/C23H19NO4/c1-14-6-5-7-15(2)23(14)27-13-21(25)24-16-10-11-18-20(12-16)28-19-9-4-3-8-17(19)22(18)26/h3-12H,13H2,1-2H3,(H,24,25). The van der Waals surface area contributed by atoms with Crippen molar-refractivity contribution in [2.75, 3.05) is 11.9 Å². The fourth-order valence-corrected chi connectivity index (χ4v) is 3.24. The van der Waals surface area contributed by atoms with E-state index in [1.807, 2.05) is 38.1 Å². The summed E-state index contributed by atoms with van der Waals surface area (Å²) in [5.41, 5.74) is 3.35. The third kappa shape index (κ3) is 3.34. The molecule has 0 unspecified atom stereocenters. The van der Waals surface area contributed by atoms with E-state index in [1.54, 1.807) is 36.4 Å². The normalized spacial score (nSPS) is 10.9. The summed E-state index contributed by atoms with van der Waals surface area (Å²) in [5.74, 6) is 0.429. The Balaban J connectivity index is 1.55. The minimum absolute atomic E-state index is 0.0897. The number of para-hydroxylation sites is 2. The van der Waals surface area contributed by atoms with E-state index in [2.05, 4.69) is 5.32 Å². The minimum Gasteiger partial charge on any atom is -0.483 e. The molecule has 1 aromatic heterocycles. The van der Waals surface area contributed by atoms with Gasteiger partial charge in [-0.3, -0.25) is 9.59 Å². The Morgan fingerprint density at radius 3 is 2.43 bits per heavy atom. The number of carbonyl (C=O) groups is 1. The van der Waals surface area contributed by atoms with Crippen LogP contribution in [0.5, 0.6) is 5.75 Å². The molecule has 5 nitrogen and oxygen atoms in total. The number of benzene rings is 3. The van der Waals surface area contributed by atoms with Gasteiger partial charge in [-0.05, 0) is 49.2 Å². The van der Waals surface area contributed by atoms with Crippen molar-refractivity contribution in [1.82, 2.24) is 0 Å². The minimum atomic E-state index is -0.287. The Morgan fingerprint density at radius 2 is 1.64 bits per heavy atom. The zero-order valence-electron chi connectivity index (χ0n) is 15.6. The first kappa shape index (κ1) is 17.8. The highest BCUT2D eigenvalue weighted by Crippen LogP contribution is 2.23. The first-order valence-corrected chi connectivity index (χ1v) is 8.97. The summed E-state index contributed by atoms with van der Waals surface area (Å²) in [6, 6.07) is 17.9. The number of anilines is 1. The number of aryl methyl sites for hydroxylation is 2. The summed E-state index contributed by atoms with van der Waals surface area (Å²) in [6.45, 7) is 3.78. The Kier molecular flexibility index (Phi) is 4.57. The molecule has 0 fully saturated rings. The van der Waals surface area contributed by atoms with Gasteiger partial charge < -0.3 is 14.5 Å². The predicted octanol–water partition coefficient (Wildman–Crippen LogP) is 4.58. The average molecular weight is 373 g/mol. The maximum absolute atomic E-state index is 12.6. The van der Waals surface area contributed by atoms with Gasteiger partial charge in [0.1, 0.15) is 16.9 Å². The van der Waals surface area contributed by atoms with Crippen molar-refractivity contribution < 1.29 is 13.9 Å². The van der Waals surface area contributed by atoms with Crippen molar-refractivity contribution in [2.45, 2.75) is 13.8 Å². The van der Waals surface area contributed by atoms with Crippen molar-refractivity contribution >= 4 is 33.5 Å². The fraction of sp³-hybridized carbons (Fsp3) is 0.130. The van der Waals surface area contributed by atoms with Crippen LogP contribution in [0, 0.1) is 13.8 Å². The van der Waals surface area contributed by atoms with E-state index in [1.165, 1.54) is 0 Å². The molecule has 140 valence electrons. The van der Waals surface area contributed by atoms with Crippen LogP contribution in [-0.4, -0.2) is 12.5 Å². The number of hydrogen-bond donors (Lipinski definition) is 1. The highest BCUT2D eigenvalue weighted by Gasteiger charge is 2.11. The summed E-state index contributed by atoms with van der Waals surface area (Å²) in [4.78, 5) is 24.9. The molecule has 0 aliphatic heterocycles. The van der Waals surface area contributed by atoms with Crippen molar-refractivity contribution in [3.63, 3.8) is 0 Å². The second-order valence-corrected chi connectivity index (χ2v) is 6.70. The van der Waals surface area contributed by atoms with Gasteiger partial charge in [-0.1, -0.05) is 30.3 Å². The molecule has 1 amide bonds. The zero-order chi connectivity index (χ0) is 19.7. The van der Waals surface area contributed by atoms with Gasteiger partial charge in [0.15, 0.2) is 6.61 Å². The highest BCUT2D eigenvalue weighted by atomic mass is 16.5. The van der Waals surface area contributed by atoms with Crippen LogP contribution in [0.15, 0.2) is 69.9 Å². The lowest BCUT2D eigenvalue weighted by Crippen LogP contribution is -2.20. The SMILES string of the molecule is Cc1cccc(C)c1OCC(=O)Nc1ccc2c(=O)c3ccccc3oc2c1. The molecule has 5 heteroatoms. The summed E-state index contributed by atoms with van der Waals surface area (Å²) < 4.78 is 11.5. The molecule has 1 heterocycles. The molecule has 0 spiro atoms. The molecule has 4 aromatic rings. The lowest BCUT2D eigenvalue weighted by atomic mass is 10.1. The Morgan fingerprint density at radius 1 is 0.929 bits per heavy atom. The molecule has 28 heavy (non-hydrogen) atoms. The van der Waals surface area contributed by atoms with Crippen molar-refractivity contribution in [2.24, 2.45) is 0 Å². The molecular weight excluding hydrogens is 354 g/mol. The van der Waals surface area contributed by atoms with Crippen LogP contribution < -0.4 is 15.5 Å². The molecule has 0 saturated carbocycles. The van der Waals surface area contributed by atoms with Gasteiger partial charge in [0.25, 0.3) is 5.91 Å². The smallest absolute Gasteiger partial charge is 0.262 e. The van der Waals surface area contributed by atoms with Gasteiger partial charge in [-0.2, -0.15) is 0 Å². The Labute approximate surface area is 161 Å².